The molecule has 90 valence electrons. The fourth-order valence-electron chi connectivity index (χ4n) is 3.48. The van der Waals surface area contributed by atoms with E-state index < -0.39 is 17.9 Å². The lowest BCUT2D eigenvalue weighted by Crippen LogP contribution is -2.48. The molecule has 1 N–H and O–H groups in total. The second-order valence-corrected chi connectivity index (χ2v) is 5.01. The Morgan fingerprint density at radius 2 is 1.88 bits per heavy atom. The number of carboxylic acids is 1. The Bertz CT molecular complexity index is 304. The Morgan fingerprint density at radius 3 is 2.50 bits per heavy atom. The molecule has 0 saturated heterocycles. The molecule has 0 amide bonds. The molecule has 2 saturated carbocycles. The average Bonchev–Trinajstić information content (AvgIpc) is 2.27. The number of carboxylic acid groups (broad SMARTS) is 1. The summed E-state index contributed by atoms with van der Waals surface area (Å²) in [6.45, 7) is 0. The normalized spacial score (nSPS) is 38.8. The number of nitrogens with zero attached hydrogens (tertiary/aromatic N) is 1. The molecule has 0 bridgehead atoms. The molecule has 2 aliphatic rings. The highest BCUT2D eigenvalue weighted by Crippen LogP contribution is 2.43. The van der Waals surface area contributed by atoms with Gasteiger partial charge in [-0.1, -0.05) is 12.8 Å². The van der Waals surface area contributed by atoms with Crippen LogP contribution in [0, 0.1) is 27.9 Å². The van der Waals surface area contributed by atoms with E-state index in [1.165, 1.54) is 0 Å². The molecule has 4 unspecified atom stereocenters. The Labute approximate surface area is 94.0 Å². The molecular formula is C11H17NO4. The van der Waals surface area contributed by atoms with Gasteiger partial charge in [0.05, 0.1) is 0 Å². The zero-order chi connectivity index (χ0) is 11.7. The van der Waals surface area contributed by atoms with Gasteiger partial charge in [0.25, 0.3) is 0 Å². The van der Waals surface area contributed by atoms with E-state index in [-0.39, 0.29) is 10.8 Å². The summed E-state index contributed by atoms with van der Waals surface area (Å²) in [4.78, 5) is 21.8. The third-order valence-electron chi connectivity index (χ3n) is 4.23. The van der Waals surface area contributed by atoms with Crippen LogP contribution in [0.2, 0.25) is 0 Å². The van der Waals surface area contributed by atoms with Crippen molar-refractivity contribution in [3.63, 3.8) is 0 Å². The van der Waals surface area contributed by atoms with Crippen molar-refractivity contribution in [2.45, 2.75) is 44.6 Å². The van der Waals surface area contributed by atoms with Crippen molar-refractivity contribution in [3.05, 3.63) is 10.1 Å². The van der Waals surface area contributed by atoms with Gasteiger partial charge in [-0.05, 0) is 31.6 Å². The first-order valence-electron chi connectivity index (χ1n) is 5.97. The maximum Gasteiger partial charge on any atom is 0.313 e. The topological polar surface area (TPSA) is 80.4 Å². The lowest BCUT2D eigenvalue weighted by molar-refractivity contribution is -0.545. The van der Waals surface area contributed by atoms with Crippen LogP contribution in [-0.4, -0.2) is 22.0 Å². The van der Waals surface area contributed by atoms with Crippen LogP contribution in [0.15, 0.2) is 0 Å². The second kappa shape index (κ2) is 4.39. The minimum Gasteiger partial charge on any atom is -0.481 e. The molecule has 2 fully saturated rings. The van der Waals surface area contributed by atoms with E-state index >= 15 is 0 Å². The predicted octanol–water partition coefficient (Wildman–Crippen LogP) is 1.93. The van der Waals surface area contributed by atoms with Crippen LogP contribution in [0.4, 0.5) is 0 Å². The third kappa shape index (κ3) is 1.90. The molecule has 16 heavy (non-hydrogen) atoms. The molecule has 2 rings (SSSR count). The molecule has 0 heterocycles. The molecule has 0 radical (unpaired) electrons. The average molecular weight is 227 g/mol. The van der Waals surface area contributed by atoms with Crippen LogP contribution >= 0.6 is 0 Å². The zero-order valence-corrected chi connectivity index (χ0v) is 9.17. The van der Waals surface area contributed by atoms with Gasteiger partial charge < -0.3 is 5.11 Å². The molecule has 2 aliphatic carbocycles. The summed E-state index contributed by atoms with van der Waals surface area (Å²) < 4.78 is 0. The summed E-state index contributed by atoms with van der Waals surface area (Å²) in [5.41, 5.74) is 0. The number of hydrogen-bond donors (Lipinski definition) is 1. The summed E-state index contributed by atoms with van der Waals surface area (Å²) in [7, 11) is 0. The smallest absolute Gasteiger partial charge is 0.313 e. The molecule has 0 spiro atoms. The molecule has 5 heteroatoms. The number of rotatable bonds is 2. The van der Waals surface area contributed by atoms with Crippen molar-refractivity contribution in [2.75, 3.05) is 0 Å². The third-order valence-corrected chi connectivity index (χ3v) is 4.23. The van der Waals surface area contributed by atoms with E-state index in [2.05, 4.69) is 0 Å². The molecule has 0 aromatic heterocycles. The highest BCUT2D eigenvalue weighted by Gasteiger charge is 2.50. The first-order chi connectivity index (χ1) is 7.61. The van der Waals surface area contributed by atoms with Crippen LogP contribution in [0.1, 0.15) is 38.5 Å². The molecular weight excluding hydrogens is 210 g/mol. The van der Waals surface area contributed by atoms with E-state index in [1.54, 1.807) is 0 Å². The van der Waals surface area contributed by atoms with E-state index in [9.17, 15) is 14.9 Å². The highest BCUT2D eigenvalue weighted by molar-refractivity contribution is 5.70. The monoisotopic (exact) mass is 227 g/mol. The second-order valence-electron chi connectivity index (χ2n) is 5.01. The Morgan fingerprint density at radius 1 is 1.19 bits per heavy atom. The van der Waals surface area contributed by atoms with Gasteiger partial charge in [-0.25, -0.2) is 0 Å². The number of fused-ring (bicyclic) bond motifs is 1. The lowest BCUT2D eigenvalue weighted by Gasteiger charge is -2.39. The fourth-order valence-corrected chi connectivity index (χ4v) is 3.48. The number of aliphatic carboxylic acids is 1. The number of nitro groups is 1. The van der Waals surface area contributed by atoms with Crippen LogP contribution in [-0.2, 0) is 4.79 Å². The fraction of sp³-hybridized carbons (Fsp3) is 0.909. The van der Waals surface area contributed by atoms with Gasteiger partial charge in [-0.15, -0.1) is 0 Å². The minimum atomic E-state index is -0.995. The van der Waals surface area contributed by atoms with Crippen LogP contribution in [0.3, 0.4) is 0 Å². The van der Waals surface area contributed by atoms with Gasteiger partial charge in [-0.2, -0.15) is 0 Å². The summed E-state index contributed by atoms with van der Waals surface area (Å²) in [5.74, 6) is -1.38. The molecule has 0 aromatic carbocycles. The molecule has 0 aromatic rings. The summed E-state index contributed by atoms with van der Waals surface area (Å²) in [5, 5.41) is 20.1. The minimum absolute atomic E-state index is 0.00130. The van der Waals surface area contributed by atoms with Gasteiger partial charge in [-0.3, -0.25) is 14.9 Å². The summed E-state index contributed by atoms with van der Waals surface area (Å²) >= 11 is 0. The molecule has 4 atom stereocenters. The largest absolute Gasteiger partial charge is 0.481 e. The SMILES string of the molecule is O=C(O)C1CCC2CCCCC2C1[N+](=O)[O-]. The predicted molar refractivity (Wildman–Crippen MR) is 56.6 cm³/mol. The van der Waals surface area contributed by atoms with Crippen molar-refractivity contribution in [1.29, 1.82) is 0 Å². The molecule has 0 aliphatic heterocycles. The summed E-state index contributed by atoms with van der Waals surface area (Å²) in [6.07, 6.45) is 5.36. The van der Waals surface area contributed by atoms with Crippen LogP contribution in [0.5, 0.6) is 0 Å². The highest BCUT2D eigenvalue weighted by atomic mass is 16.6. The summed E-state index contributed by atoms with van der Waals surface area (Å²) in [6, 6.07) is -0.850. The Kier molecular flexibility index (Phi) is 3.12. The van der Waals surface area contributed by atoms with Crippen LogP contribution in [0.25, 0.3) is 0 Å². The number of carbonyl (C=O) groups is 1. The van der Waals surface area contributed by atoms with E-state index in [0.717, 1.165) is 32.1 Å². The first-order valence-corrected chi connectivity index (χ1v) is 5.97. The van der Waals surface area contributed by atoms with Gasteiger partial charge in [0.2, 0.25) is 6.04 Å². The van der Waals surface area contributed by atoms with Crippen molar-refractivity contribution in [2.24, 2.45) is 17.8 Å². The maximum absolute atomic E-state index is 11.1. The van der Waals surface area contributed by atoms with E-state index in [4.69, 9.17) is 5.11 Å². The van der Waals surface area contributed by atoms with Gasteiger partial charge in [0.1, 0.15) is 5.92 Å². The Hall–Kier alpha value is -1.13. The van der Waals surface area contributed by atoms with Crippen molar-refractivity contribution < 1.29 is 14.8 Å². The zero-order valence-electron chi connectivity index (χ0n) is 9.17. The standard InChI is InChI=1S/C11H17NO4/c13-11(14)9-6-5-7-3-1-2-4-8(7)10(9)12(15)16/h7-10H,1-6H2,(H,13,14). The van der Waals surface area contributed by atoms with E-state index in [1.807, 2.05) is 0 Å². The Balaban J connectivity index is 2.20. The van der Waals surface area contributed by atoms with Crippen molar-refractivity contribution in [3.8, 4) is 0 Å². The van der Waals surface area contributed by atoms with Gasteiger partial charge in [0.15, 0.2) is 0 Å². The lowest BCUT2D eigenvalue weighted by atomic mass is 9.65. The first kappa shape index (κ1) is 11.4. The van der Waals surface area contributed by atoms with Crippen molar-refractivity contribution in [1.82, 2.24) is 0 Å². The molecule has 5 nitrogen and oxygen atoms in total. The van der Waals surface area contributed by atoms with Crippen molar-refractivity contribution >= 4 is 5.97 Å². The van der Waals surface area contributed by atoms with Gasteiger partial charge >= 0.3 is 5.97 Å². The van der Waals surface area contributed by atoms with Gasteiger partial charge in [0, 0.05) is 10.8 Å². The maximum atomic E-state index is 11.1. The van der Waals surface area contributed by atoms with Crippen LogP contribution < -0.4 is 0 Å². The quantitative estimate of drug-likeness (QED) is 0.577. The number of hydrogen-bond acceptors (Lipinski definition) is 3. The van der Waals surface area contributed by atoms with E-state index in [0.29, 0.717) is 12.3 Å².